The van der Waals surface area contributed by atoms with Gasteiger partial charge in [-0.2, -0.15) is 20.1 Å². The van der Waals surface area contributed by atoms with Crippen LogP contribution in [0.4, 0.5) is 0 Å². The van der Waals surface area contributed by atoms with Crippen molar-refractivity contribution in [3.05, 3.63) is 94.2 Å². The van der Waals surface area contributed by atoms with Gasteiger partial charge in [0.2, 0.25) is 0 Å². The van der Waals surface area contributed by atoms with Gasteiger partial charge in [-0.1, -0.05) is 54.1 Å². The molecule has 0 saturated carbocycles. The third-order valence-electron chi connectivity index (χ3n) is 4.51. The highest BCUT2D eigenvalue weighted by atomic mass is 35.5. The van der Waals surface area contributed by atoms with Gasteiger partial charge in [-0.3, -0.25) is 0 Å². The lowest BCUT2D eigenvalue weighted by molar-refractivity contribution is 0.552. The van der Waals surface area contributed by atoms with Crippen LogP contribution in [-0.2, 0) is 6.54 Å². The van der Waals surface area contributed by atoms with Gasteiger partial charge in [0.1, 0.15) is 11.3 Å². The number of nitrogens with zero attached hydrogens (tertiary/aromatic N) is 5. The molecular weight excluding hydrogens is 390 g/mol. The lowest BCUT2D eigenvalue weighted by Crippen LogP contribution is -2.10. The maximum Gasteiger partial charge on any atom is 0.362 e. The van der Waals surface area contributed by atoms with Gasteiger partial charge in [-0.25, -0.2) is 9.48 Å². The summed E-state index contributed by atoms with van der Waals surface area (Å²) in [5.41, 5.74) is 2.90. The zero-order valence-corrected chi connectivity index (χ0v) is 15.8. The molecule has 0 radical (unpaired) electrons. The van der Waals surface area contributed by atoms with Gasteiger partial charge in [0.15, 0.2) is 5.69 Å². The van der Waals surface area contributed by atoms with Crippen LogP contribution >= 0.6 is 11.6 Å². The molecule has 5 aromatic rings. The Balaban J connectivity index is 1.48. The quantitative estimate of drug-likeness (QED) is 0.425. The highest BCUT2D eigenvalue weighted by Gasteiger charge is 2.11. The fraction of sp³-hybridized carbons (Fsp3) is 0.0476. The molecule has 0 aliphatic heterocycles. The standard InChI is InChI=1S/C21H14ClN5O2/c22-17-10-23-26(13-17)19-8-16-7-6-15(9-20(16)29-21(19)28)18-11-24-27(25-18)12-14-4-2-1-3-5-14/h1-11,13H,12H2. The molecule has 0 N–H and O–H groups in total. The van der Waals surface area contributed by atoms with Crippen molar-refractivity contribution in [1.82, 2.24) is 24.8 Å². The van der Waals surface area contributed by atoms with E-state index in [-0.39, 0.29) is 0 Å². The van der Waals surface area contributed by atoms with Crippen molar-refractivity contribution < 1.29 is 4.42 Å². The zero-order chi connectivity index (χ0) is 19.8. The van der Waals surface area contributed by atoms with Crippen molar-refractivity contribution in [3.8, 4) is 16.9 Å². The Morgan fingerprint density at radius 2 is 1.86 bits per heavy atom. The second-order valence-electron chi connectivity index (χ2n) is 6.52. The van der Waals surface area contributed by atoms with Gasteiger partial charge in [-0.15, -0.1) is 0 Å². The van der Waals surface area contributed by atoms with E-state index in [1.54, 1.807) is 29.3 Å². The van der Waals surface area contributed by atoms with Crippen LogP contribution in [0.3, 0.4) is 0 Å². The summed E-state index contributed by atoms with van der Waals surface area (Å²) >= 11 is 5.89. The van der Waals surface area contributed by atoms with Crippen LogP contribution in [-0.4, -0.2) is 24.8 Å². The maximum atomic E-state index is 12.4. The summed E-state index contributed by atoms with van der Waals surface area (Å²) in [6, 6.07) is 17.3. The third kappa shape index (κ3) is 3.43. The average molecular weight is 404 g/mol. The molecule has 0 saturated heterocycles. The number of aromatic nitrogens is 5. The minimum absolute atomic E-state index is 0.297. The molecule has 0 spiro atoms. The molecule has 5 rings (SSSR count). The van der Waals surface area contributed by atoms with Gasteiger partial charge < -0.3 is 4.42 Å². The number of fused-ring (bicyclic) bond motifs is 1. The Morgan fingerprint density at radius 1 is 1.00 bits per heavy atom. The van der Waals surface area contributed by atoms with E-state index < -0.39 is 5.63 Å². The first-order chi connectivity index (χ1) is 14.2. The summed E-state index contributed by atoms with van der Waals surface area (Å²) < 4.78 is 6.91. The van der Waals surface area contributed by atoms with Crippen molar-refractivity contribution in [2.75, 3.05) is 0 Å². The Kier molecular flexibility index (Phi) is 4.22. The van der Waals surface area contributed by atoms with Crippen LogP contribution in [0, 0.1) is 0 Å². The van der Waals surface area contributed by atoms with Crippen molar-refractivity contribution >= 4 is 22.6 Å². The summed E-state index contributed by atoms with van der Waals surface area (Å²) in [6.45, 7) is 0.583. The van der Waals surface area contributed by atoms with Gasteiger partial charge in [0.05, 0.1) is 24.0 Å². The normalized spacial score (nSPS) is 11.2. The van der Waals surface area contributed by atoms with E-state index in [2.05, 4.69) is 15.3 Å². The van der Waals surface area contributed by atoms with Crippen LogP contribution in [0.5, 0.6) is 0 Å². The van der Waals surface area contributed by atoms with E-state index in [0.29, 0.717) is 28.5 Å². The van der Waals surface area contributed by atoms with Crippen LogP contribution in [0.25, 0.3) is 27.9 Å². The maximum absolute atomic E-state index is 12.4. The fourth-order valence-corrected chi connectivity index (χ4v) is 3.24. The molecule has 0 bridgehead atoms. The summed E-state index contributed by atoms with van der Waals surface area (Å²) in [5, 5.41) is 14.1. The summed E-state index contributed by atoms with van der Waals surface area (Å²) in [6.07, 6.45) is 4.72. The smallest absolute Gasteiger partial charge is 0.362 e. The van der Waals surface area contributed by atoms with E-state index in [0.717, 1.165) is 16.5 Å². The molecule has 2 aromatic carbocycles. The number of halogens is 1. The molecule has 8 heteroatoms. The molecule has 7 nitrogen and oxygen atoms in total. The summed E-state index contributed by atoms with van der Waals surface area (Å²) in [7, 11) is 0. The average Bonchev–Trinajstić information content (AvgIpc) is 3.37. The summed E-state index contributed by atoms with van der Waals surface area (Å²) in [4.78, 5) is 14.0. The first kappa shape index (κ1) is 17.4. The van der Waals surface area contributed by atoms with Gasteiger partial charge >= 0.3 is 5.63 Å². The molecular formula is C21H14ClN5O2. The molecule has 29 heavy (non-hydrogen) atoms. The number of hydrogen-bond acceptors (Lipinski definition) is 5. The first-order valence-electron chi connectivity index (χ1n) is 8.89. The van der Waals surface area contributed by atoms with Crippen molar-refractivity contribution in [2.45, 2.75) is 6.54 Å². The molecule has 0 amide bonds. The zero-order valence-electron chi connectivity index (χ0n) is 15.1. The van der Waals surface area contributed by atoms with Gasteiger partial charge in [0, 0.05) is 17.1 Å². The second-order valence-corrected chi connectivity index (χ2v) is 6.96. The van der Waals surface area contributed by atoms with Crippen molar-refractivity contribution in [1.29, 1.82) is 0 Å². The Morgan fingerprint density at radius 3 is 2.66 bits per heavy atom. The molecule has 142 valence electrons. The molecule has 0 fully saturated rings. The lowest BCUT2D eigenvalue weighted by Gasteiger charge is -2.04. The Labute approximate surface area is 169 Å². The fourth-order valence-electron chi connectivity index (χ4n) is 3.10. The van der Waals surface area contributed by atoms with Gasteiger partial charge in [0.25, 0.3) is 0 Å². The second kappa shape index (κ2) is 7.03. The predicted octanol–water partition coefficient (Wildman–Crippen LogP) is 3.94. The van der Waals surface area contributed by atoms with E-state index in [1.807, 2.05) is 42.5 Å². The number of rotatable bonds is 4. The molecule has 0 aliphatic carbocycles. The third-order valence-corrected chi connectivity index (χ3v) is 4.71. The molecule has 3 aromatic heterocycles. The van der Waals surface area contributed by atoms with Crippen molar-refractivity contribution in [3.63, 3.8) is 0 Å². The highest BCUT2D eigenvalue weighted by molar-refractivity contribution is 6.30. The number of benzene rings is 2. The summed E-state index contributed by atoms with van der Waals surface area (Å²) in [5.74, 6) is 0. The monoisotopic (exact) mass is 403 g/mol. The molecule has 3 heterocycles. The Bertz CT molecular complexity index is 1370. The predicted molar refractivity (Wildman–Crippen MR) is 109 cm³/mol. The largest absolute Gasteiger partial charge is 0.421 e. The lowest BCUT2D eigenvalue weighted by atomic mass is 10.1. The first-order valence-corrected chi connectivity index (χ1v) is 9.26. The minimum atomic E-state index is -0.498. The van der Waals surface area contributed by atoms with E-state index in [4.69, 9.17) is 16.0 Å². The molecule has 0 aliphatic rings. The van der Waals surface area contributed by atoms with Crippen LogP contribution < -0.4 is 5.63 Å². The van der Waals surface area contributed by atoms with E-state index in [9.17, 15) is 4.79 Å². The van der Waals surface area contributed by atoms with Crippen molar-refractivity contribution in [2.24, 2.45) is 0 Å². The molecule has 0 atom stereocenters. The highest BCUT2D eigenvalue weighted by Crippen LogP contribution is 2.23. The van der Waals surface area contributed by atoms with Crippen LogP contribution in [0.1, 0.15) is 5.56 Å². The van der Waals surface area contributed by atoms with Crippen LogP contribution in [0.2, 0.25) is 5.02 Å². The SMILES string of the molecule is O=c1oc2cc(-c3cnn(Cc4ccccc4)n3)ccc2cc1-n1cc(Cl)cn1. The Hall–Kier alpha value is -3.71. The van der Waals surface area contributed by atoms with E-state index in [1.165, 1.54) is 10.9 Å². The minimum Gasteiger partial charge on any atom is -0.421 e. The van der Waals surface area contributed by atoms with Crippen LogP contribution in [0.15, 0.2) is 82.4 Å². The van der Waals surface area contributed by atoms with Gasteiger partial charge in [-0.05, 0) is 17.7 Å². The topological polar surface area (TPSA) is 78.7 Å². The van der Waals surface area contributed by atoms with E-state index >= 15 is 0 Å². The molecule has 0 unspecified atom stereocenters. The number of hydrogen-bond donors (Lipinski definition) is 0.